The number of aliphatic hydroxyl groups is 1. The number of benzene rings is 2. The molecular weight excluding hydrogens is 420 g/mol. The number of methoxy groups -OCH3 is 2. The monoisotopic (exact) mass is 445 g/mol. The molecule has 0 bridgehead atoms. The van der Waals surface area contributed by atoms with Gasteiger partial charge in [-0.1, -0.05) is 12.1 Å². The minimum absolute atomic E-state index is 0.459. The minimum atomic E-state index is -1.17. The van der Waals surface area contributed by atoms with Crippen LogP contribution in [0.1, 0.15) is 30.4 Å². The fraction of sp³-hybridized carbons (Fsp3) is 0.409. The summed E-state index contributed by atoms with van der Waals surface area (Å²) in [7, 11) is 3.25. The van der Waals surface area contributed by atoms with Crippen LogP contribution < -0.4 is 14.4 Å². The summed E-state index contributed by atoms with van der Waals surface area (Å²) in [6.07, 6.45) is 3.15. The molecule has 0 aromatic heterocycles. The molecule has 0 amide bonds. The number of hydrogen-bond acceptors (Lipinski definition) is 4. The molecule has 2 aliphatic rings. The molecule has 6 heteroatoms. The summed E-state index contributed by atoms with van der Waals surface area (Å²) in [5.74, 6) is 2.48. The van der Waals surface area contributed by atoms with Crippen molar-refractivity contribution < 1.29 is 19.2 Å². The van der Waals surface area contributed by atoms with Crippen molar-refractivity contribution in [2.24, 2.45) is 0 Å². The van der Waals surface area contributed by atoms with Crippen LogP contribution in [0.15, 0.2) is 40.9 Å². The van der Waals surface area contributed by atoms with Gasteiger partial charge in [-0.3, -0.25) is 0 Å². The molecule has 1 atom stereocenters. The molecule has 148 valence electrons. The van der Waals surface area contributed by atoms with Gasteiger partial charge >= 0.3 is 0 Å². The zero-order valence-corrected chi connectivity index (χ0v) is 18.1. The van der Waals surface area contributed by atoms with Crippen molar-refractivity contribution in [3.05, 3.63) is 52.0 Å². The highest BCUT2D eigenvalue weighted by Crippen LogP contribution is 2.43. The lowest BCUT2D eigenvalue weighted by Crippen LogP contribution is -2.42. The van der Waals surface area contributed by atoms with Crippen molar-refractivity contribution in [2.45, 2.75) is 31.9 Å². The first kappa shape index (κ1) is 19.3. The maximum atomic E-state index is 12.0. The molecule has 2 aliphatic heterocycles. The molecule has 2 aromatic rings. The Morgan fingerprint density at radius 3 is 2.61 bits per heavy atom. The van der Waals surface area contributed by atoms with Crippen molar-refractivity contribution >= 4 is 27.5 Å². The first-order chi connectivity index (χ1) is 13.5. The lowest BCUT2D eigenvalue weighted by molar-refractivity contribution is -0.661. The molecule has 0 saturated heterocycles. The maximum absolute atomic E-state index is 12.0. The van der Waals surface area contributed by atoms with E-state index >= 15 is 0 Å². The maximum Gasteiger partial charge on any atom is 0.274 e. The van der Waals surface area contributed by atoms with E-state index in [2.05, 4.69) is 56.6 Å². The molecule has 1 unspecified atom stereocenters. The number of β-amino-alcohol motifs (C(OH)–C–C–N with tert-alkyl or cyclic N) is 1. The molecule has 28 heavy (non-hydrogen) atoms. The van der Waals surface area contributed by atoms with Gasteiger partial charge < -0.3 is 14.6 Å². The van der Waals surface area contributed by atoms with Gasteiger partial charge in [0.15, 0.2) is 6.54 Å². The largest absolute Gasteiger partial charge is 0.496 e. The number of halogens is 1. The number of rotatable bonds is 4. The lowest BCUT2D eigenvalue weighted by atomic mass is 10.00. The lowest BCUT2D eigenvalue weighted by Gasteiger charge is -2.26. The topological polar surface area (TPSA) is 44.9 Å². The molecular formula is C22H26BrN2O3+. The minimum Gasteiger partial charge on any atom is -0.496 e. The average Bonchev–Trinajstić information content (AvgIpc) is 3.02. The van der Waals surface area contributed by atoms with Crippen LogP contribution in [-0.2, 0) is 5.72 Å². The van der Waals surface area contributed by atoms with Crippen molar-refractivity contribution in [2.75, 3.05) is 32.2 Å². The van der Waals surface area contributed by atoms with Gasteiger partial charge in [0, 0.05) is 12.5 Å². The molecule has 2 aromatic carbocycles. The molecule has 5 nitrogen and oxygen atoms in total. The van der Waals surface area contributed by atoms with Crippen LogP contribution in [0.4, 0.5) is 5.69 Å². The third kappa shape index (κ3) is 3.08. The second-order valence-electron chi connectivity index (χ2n) is 7.45. The number of hydrogen-bond donors (Lipinski definition) is 1. The van der Waals surface area contributed by atoms with Gasteiger partial charge in [-0.25, -0.2) is 9.48 Å². The highest BCUT2D eigenvalue weighted by atomic mass is 79.9. The van der Waals surface area contributed by atoms with Crippen LogP contribution >= 0.6 is 15.9 Å². The molecule has 0 radical (unpaired) electrons. The van der Waals surface area contributed by atoms with E-state index in [-0.39, 0.29) is 0 Å². The Hall–Kier alpha value is -2.05. The highest BCUT2D eigenvalue weighted by Gasteiger charge is 2.54. The van der Waals surface area contributed by atoms with Crippen LogP contribution in [-0.4, -0.2) is 42.8 Å². The van der Waals surface area contributed by atoms with Crippen LogP contribution in [0.2, 0.25) is 0 Å². The molecule has 0 fully saturated rings. The van der Waals surface area contributed by atoms with E-state index in [0.29, 0.717) is 18.0 Å². The number of aryl methyl sites for hydroxylation is 1. The van der Waals surface area contributed by atoms with E-state index in [4.69, 9.17) is 9.47 Å². The van der Waals surface area contributed by atoms with Gasteiger partial charge in [-0.2, -0.15) is 0 Å². The Balaban J connectivity index is 1.86. The predicted molar refractivity (Wildman–Crippen MR) is 114 cm³/mol. The highest BCUT2D eigenvalue weighted by molar-refractivity contribution is 9.10. The quantitative estimate of drug-likeness (QED) is 0.721. The van der Waals surface area contributed by atoms with Crippen molar-refractivity contribution in [3.63, 3.8) is 0 Å². The zero-order valence-electron chi connectivity index (χ0n) is 16.5. The Morgan fingerprint density at radius 1 is 1.11 bits per heavy atom. The van der Waals surface area contributed by atoms with E-state index in [1.807, 2.05) is 12.1 Å². The van der Waals surface area contributed by atoms with Crippen LogP contribution in [0.25, 0.3) is 0 Å². The second kappa shape index (κ2) is 7.41. The van der Waals surface area contributed by atoms with Crippen molar-refractivity contribution in [3.8, 4) is 11.5 Å². The zero-order chi connectivity index (χ0) is 19.9. The molecule has 0 spiro atoms. The summed E-state index contributed by atoms with van der Waals surface area (Å²) in [5, 5.41) is 12.0. The van der Waals surface area contributed by atoms with Gasteiger partial charge in [-0.05, 0) is 59.5 Å². The molecule has 0 aliphatic carbocycles. The van der Waals surface area contributed by atoms with Crippen LogP contribution in [0, 0.1) is 6.92 Å². The van der Waals surface area contributed by atoms with Gasteiger partial charge in [0.25, 0.3) is 11.6 Å². The van der Waals surface area contributed by atoms with Crippen LogP contribution in [0.5, 0.6) is 11.5 Å². The molecule has 1 N–H and O–H groups in total. The van der Waals surface area contributed by atoms with Gasteiger partial charge in [0.1, 0.15) is 17.2 Å². The molecule has 0 saturated carbocycles. The van der Waals surface area contributed by atoms with Crippen molar-refractivity contribution in [1.29, 1.82) is 0 Å². The van der Waals surface area contributed by atoms with E-state index in [0.717, 1.165) is 41.5 Å². The molecule has 2 heterocycles. The average molecular weight is 446 g/mol. The number of ether oxygens (including phenoxy) is 2. The SMILES string of the molecule is COc1cc(OC)c(C2(O)CN(c3cccc(C)c3)C3=[N+]2CCCC3)cc1Br. The second-order valence-corrected chi connectivity index (χ2v) is 8.31. The summed E-state index contributed by atoms with van der Waals surface area (Å²) in [4.78, 5) is 2.25. The van der Waals surface area contributed by atoms with E-state index in [1.165, 1.54) is 11.4 Å². The molecule has 4 rings (SSSR count). The standard InChI is InChI=1S/C22H26BrN2O3/c1-15-7-6-8-16(11-15)24-14-22(26,25-10-5-4-9-21(24)25)17-12-18(23)20(28-3)13-19(17)27-2/h6-8,11-13,26H,4-5,9-10,14H2,1-3H3/q+1. The van der Waals surface area contributed by atoms with Gasteiger partial charge in [0.2, 0.25) is 0 Å². The third-order valence-corrected chi connectivity index (χ3v) is 6.32. The summed E-state index contributed by atoms with van der Waals surface area (Å²) >= 11 is 3.57. The van der Waals surface area contributed by atoms with Crippen LogP contribution in [0.3, 0.4) is 0 Å². The summed E-state index contributed by atoms with van der Waals surface area (Å²) in [5.41, 5.74) is 1.90. The predicted octanol–water partition coefficient (Wildman–Crippen LogP) is 4.03. The summed E-state index contributed by atoms with van der Waals surface area (Å²) in [6, 6.07) is 12.2. The van der Waals surface area contributed by atoms with Gasteiger partial charge in [-0.15, -0.1) is 0 Å². The van der Waals surface area contributed by atoms with Gasteiger partial charge in [0.05, 0.1) is 30.8 Å². The number of nitrogens with zero attached hydrogens (tertiary/aromatic N) is 2. The third-order valence-electron chi connectivity index (χ3n) is 5.70. The van der Waals surface area contributed by atoms with E-state index in [9.17, 15) is 5.11 Å². The Kier molecular flexibility index (Phi) is 5.10. The normalized spacial score (nSPS) is 21.7. The summed E-state index contributed by atoms with van der Waals surface area (Å²) < 4.78 is 14.0. The summed E-state index contributed by atoms with van der Waals surface area (Å²) in [6.45, 7) is 3.38. The van der Waals surface area contributed by atoms with E-state index in [1.54, 1.807) is 14.2 Å². The van der Waals surface area contributed by atoms with Crippen molar-refractivity contribution in [1.82, 2.24) is 0 Å². The van der Waals surface area contributed by atoms with E-state index < -0.39 is 5.72 Å². The fourth-order valence-electron chi connectivity index (χ4n) is 4.33. The Morgan fingerprint density at radius 2 is 1.89 bits per heavy atom. The number of amidine groups is 1. The first-order valence-corrected chi connectivity index (χ1v) is 10.4. The Bertz CT molecular complexity index is 943. The first-order valence-electron chi connectivity index (χ1n) is 9.60. The fourth-order valence-corrected chi connectivity index (χ4v) is 4.84. The smallest absolute Gasteiger partial charge is 0.274 e. The Labute approximate surface area is 174 Å². The number of anilines is 1.